The van der Waals surface area contributed by atoms with Crippen molar-refractivity contribution < 1.29 is 8.78 Å². The molecule has 0 saturated heterocycles. The number of nitrogens with zero attached hydrogens (tertiary/aromatic N) is 2. The lowest BCUT2D eigenvalue weighted by atomic mass is 10.2. The van der Waals surface area contributed by atoms with Crippen molar-refractivity contribution in [2.24, 2.45) is 0 Å². The fourth-order valence-electron chi connectivity index (χ4n) is 0.663. The van der Waals surface area contributed by atoms with Gasteiger partial charge >= 0.3 is 0 Å². The van der Waals surface area contributed by atoms with Gasteiger partial charge in [0.2, 0.25) is 0 Å². The standard InChI is InChI=1S/C7H3ClF2N2/c8-6-1-4(2-11)12-3-5(6)7(9)10/h1,3,7H. The van der Waals surface area contributed by atoms with E-state index in [0.29, 0.717) is 0 Å². The molecule has 0 atom stereocenters. The summed E-state index contributed by atoms with van der Waals surface area (Å²) in [6, 6.07) is 2.81. The van der Waals surface area contributed by atoms with E-state index in [1.807, 2.05) is 0 Å². The summed E-state index contributed by atoms with van der Waals surface area (Å²) >= 11 is 5.43. The average molecular weight is 189 g/mol. The average Bonchev–Trinajstić information content (AvgIpc) is 2.03. The van der Waals surface area contributed by atoms with Gasteiger partial charge in [-0.05, 0) is 6.07 Å². The van der Waals surface area contributed by atoms with Gasteiger partial charge < -0.3 is 0 Å². The summed E-state index contributed by atoms with van der Waals surface area (Å²) in [6.45, 7) is 0. The van der Waals surface area contributed by atoms with Crippen molar-refractivity contribution >= 4 is 11.6 Å². The molecule has 0 aliphatic heterocycles. The highest BCUT2D eigenvalue weighted by Crippen LogP contribution is 2.25. The van der Waals surface area contributed by atoms with Crippen LogP contribution in [0, 0.1) is 11.3 Å². The van der Waals surface area contributed by atoms with Crippen molar-refractivity contribution in [3.05, 3.63) is 28.5 Å². The highest BCUT2D eigenvalue weighted by Gasteiger charge is 2.12. The number of halogens is 3. The minimum Gasteiger partial charge on any atom is -0.245 e. The predicted molar refractivity (Wildman–Crippen MR) is 38.9 cm³/mol. The molecule has 1 rings (SSSR count). The predicted octanol–water partition coefficient (Wildman–Crippen LogP) is 2.54. The van der Waals surface area contributed by atoms with E-state index in [9.17, 15) is 8.78 Å². The lowest BCUT2D eigenvalue weighted by molar-refractivity contribution is 0.151. The molecule has 1 aromatic heterocycles. The van der Waals surface area contributed by atoms with Crippen LogP contribution in [0.5, 0.6) is 0 Å². The Balaban J connectivity index is 3.14. The van der Waals surface area contributed by atoms with E-state index in [1.54, 1.807) is 6.07 Å². The van der Waals surface area contributed by atoms with E-state index in [4.69, 9.17) is 16.9 Å². The molecule has 0 bridgehead atoms. The van der Waals surface area contributed by atoms with Crippen LogP contribution in [0.1, 0.15) is 17.7 Å². The number of rotatable bonds is 1. The fourth-order valence-corrected chi connectivity index (χ4v) is 0.898. The molecule has 5 heteroatoms. The number of aromatic nitrogens is 1. The minimum atomic E-state index is -2.65. The normalized spacial score (nSPS) is 9.92. The van der Waals surface area contributed by atoms with E-state index >= 15 is 0 Å². The summed E-state index contributed by atoms with van der Waals surface area (Å²) in [5, 5.41) is 8.20. The Labute approximate surface area is 72.4 Å². The van der Waals surface area contributed by atoms with Crippen LogP contribution in [0.15, 0.2) is 12.3 Å². The van der Waals surface area contributed by atoms with Crippen LogP contribution in [0.2, 0.25) is 5.02 Å². The van der Waals surface area contributed by atoms with E-state index in [0.717, 1.165) is 12.3 Å². The Morgan fingerprint density at radius 2 is 2.25 bits per heavy atom. The van der Waals surface area contributed by atoms with E-state index in [-0.39, 0.29) is 16.3 Å². The first-order valence-corrected chi connectivity index (χ1v) is 3.36. The lowest BCUT2D eigenvalue weighted by Crippen LogP contribution is -1.90. The summed E-state index contributed by atoms with van der Waals surface area (Å²) in [4.78, 5) is 3.45. The second-order valence-electron chi connectivity index (χ2n) is 2.00. The lowest BCUT2D eigenvalue weighted by Gasteiger charge is -2.00. The molecule has 0 saturated carbocycles. The molecule has 0 aliphatic carbocycles. The summed E-state index contributed by atoms with van der Waals surface area (Å²) in [7, 11) is 0. The van der Waals surface area contributed by atoms with Gasteiger partial charge in [0, 0.05) is 6.20 Å². The van der Waals surface area contributed by atoms with Gasteiger partial charge in [-0.1, -0.05) is 11.6 Å². The van der Waals surface area contributed by atoms with Gasteiger partial charge in [0.05, 0.1) is 10.6 Å². The third kappa shape index (κ3) is 1.69. The second kappa shape index (κ2) is 3.46. The molecule has 1 aromatic rings. The van der Waals surface area contributed by atoms with Crippen LogP contribution >= 0.6 is 11.6 Å². The summed E-state index contributed by atoms with van der Waals surface area (Å²) in [6.07, 6.45) is -1.75. The maximum absolute atomic E-state index is 12.1. The van der Waals surface area contributed by atoms with Crippen LogP contribution in [-0.4, -0.2) is 4.98 Å². The first kappa shape index (κ1) is 8.88. The van der Waals surface area contributed by atoms with Crippen LogP contribution in [0.4, 0.5) is 8.78 Å². The first-order chi connectivity index (χ1) is 5.65. The van der Waals surface area contributed by atoms with Crippen molar-refractivity contribution in [3.63, 3.8) is 0 Å². The number of pyridine rings is 1. The Morgan fingerprint density at radius 3 is 2.67 bits per heavy atom. The van der Waals surface area contributed by atoms with Crippen molar-refractivity contribution in [1.82, 2.24) is 4.98 Å². The number of hydrogen-bond donors (Lipinski definition) is 0. The molecule has 0 amide bonds. The third-order valence-corrected chi connectivity index (χ3v) is 1.56. The van der Waals surface area contributed by atoms with Crippen LogP contribution in [-0.2, 0) is 0 Å². The second-order valence-corrected chi connectivity index (χ2v) is 2.41. The van der Waals surface area contributed by atoms with Crippen molar-refractivity contribution in [3.8, 4) is 6.07 Å². The number of nitriles is 1. The molecular formula is C7H3ClF2N2. The first-order valence-electron chi connectivity index (χ1n) is 2.99. The van der Waals surface area contributed by atoms with Crippen LogP contribution < -0.4 is 0 Å². The van der Waals surface area contributed by atoms with E-state index < -0.39 is 6.43 Å². The molecule has 0 aromatic carbocycles. The highest BCUT2D eigenvalue weighted by atomic mass is 35.5. The van der Waals surface area contributed by atoms with Crippen molar-refractivity contribution in [1.29, 1.82) is 5.26 Å². The molecule has 0 fully saturated rings. The smallest absolute Gasteiger partial charge is 0.245 e. The van der Waals surface area contributed by atoms with Gasteiger partial charge in [-0.2, -0.15) is 5.26 Å². The largest absolute Gasteiger partial charge is 0.266 e. The molecule has 0 spiro atoms. The molecule has 12 heavy (non-hydrogen) atoms. The summed E-state index contributed by atoms with van der Waals surface area (Å²) in [5.41, 5.74) is -0.319. The van der Waals surface area contributed by atoms with Gasteiger partial charge in [0.1, 0.15) is 11.8 Å². The molecule has 1 heterocycles. The molecule has 0 aliphatic rings. The van der Waals surface area contributed by atoms with Crippen molar-refractivity contribution in [2.45, 2.75) is 6.43 Å². The van der Waals surface area contributed by atoms with Crippen LogP contribution in [0.25, 0.3) is 0 Å². The molecule has 0 radical (unpaired) electrons. The van der Waals surface area contributed by atoms with Gasteiger partial charge in [0.15, 0.2) is 0 Å². The number of hydrogen-bond acceptors (Lipinski definition) is 2. The Kier molecular flexibility index (Phi) is 2.56. The number of alkyl halides is 2. The van der Waals surface area contributed by atoms with Crippen molar-refractivity contribution in [2.75, 3.05) is 0 Å². The monoisotopic (exact) mass is 188 g/mol. The Morgan fingerprint density at radius 1 is 1.58 bits per heavy atom. The zero-order chi connectivity index (χ0) is 9.14. The fraction of sp³-hybridized carbons (Fsp3) is 0.143. The minimum absolute atomic E-state index is 0.0319. The topological polar surface area (TPSA) is 36.7 Å². The quantitative estimate of drug-likeness (QED) is 0.679. The molecular weight excluding hydrogens is 186 g/mol. The Bertz CT molecular complexity index is 333. The third-order valence-electron chi connectivity index (χ3n) is 1.23. The molecule has 0 unspecified atom stereocenters. The summed E-state index contributed by atoms with van der Waals surface area (Å²) in [5.74, 6) is 0. The van der Waals surface area contributed by atoms with Gasteiger partial charge in [0.25, 0.3) is 6.43 Å². The van der Waals surface area contributed by atoms with Crippen LogP contribution in [0.3, 0.4) is 0 Å². The zero-order valence-corrected chi connectivity index (χ0v) is 6.52. The molecule has 0 N–H and O–H groups in total. The zero-order valence-electron chi connectivity index (χ0n) is 5.76. The van der Waals surface area contributed by atoms with E-state index in [1.165, 1.54) is 0 Å². The maximum Gasteiger partial charge on any atom is 0.266 e. The SMILES string of the molecule is N#Cc1cc(Cl)c(C(F)F)cn1. The van der Waals surface area contributed by atoms with Gasteiger partial charge in [-0.3, -0.25) is 0 Å². The maximum atomic E-state index is 12.1. The Hall–Kier alpha value is -1.21. The van der Waals surface area contributed by atoms with E-state index in [2.05, 4.69) is 4.98 Å². The molecule has 62 valence electrons. The van der Waals surface area contributed by atoms with Gasteiger partial charge in [-0.15, -0.1) is 0 Å². The molecule has 2 nitrogen and oxygen atoms in total. The van der Waals surface area contributed by atoms with Gasteiger partial charge in [-0.25, -0.2) is 13.8 Å². The highest BCUT2D eigenvalue weighted by molar-refractivity contribution is 6.31. The summed E-state index contributed by atoms with van der Waals surface area (Å²) < 4.78 is 24.1.